The number of nitrogens with zero attached hydrogens (tertiary/aromatic N) is 4. The molecule has 178 valence electrons. The zero-order valence-corrected chi connectivity index (χ0v) is 19.3. The molecule has 0 aliphatic carbocycles. The van der Waals surface area contributed by atoms with Gasteiger partial charge in [0.15, 0.2) is 0 Å². The van der Waals surface area contributed by atoms with Gasteiger partial charge < -0.3 is 18.9 Å². The van der Waals surface area contributed by atoms with Crippen LogP contribution >= 0.6 is 0 Å². The van der Waals surface area contributed by atoms with Crippen molar-refractivity contribution in [2.45, 2.75) is 25.0 Å². The van der Waals surface area contributed by atoms with Gasteiger partial charge >= 0.3 is 5.97 Å². The molecule has 35 heavy (non-hydrogen) atoms. The van der Waals surface area contributed by atoms with Gasteiger partial charge in [-0.3, -0.25) is 14.0 Å². The predicted molar refractivity (Wildman–Crippen MR) is 128 cm³/mol. The third-order valence-corrected chi connectivity index (χ3v) is 7.10. The average molecular weight is 473 g/mol. The third kappa shape index (κ3) is 3.26. The van der Waals surface area contributed by atoms with Crippen LogP contribution in [0.15, 0.2) is 59.5 Å². The molecule has 0 saturated carbocycles. The van der Waals surface area contributed by atoms with E-state index in [4.69, 9.17) is 9.47 Å². The van der Waals surface area contributed by atoms with Crippen LogP contribution in [-0.2, 0) is 21.6 Å². The Kier molecular flexibility index (Phi) is 4.96. The van der Waals surface area contributed by atoms with Gasteiger partial charge in [-0.15, -0.1) is 0 Å². The second-order valence-electron chi connectivity index (χ2n) is 8.98. The second kappa shape index (κ2) is 8.06. The highest BCUT2D eigenvalue weighted by atomic mass is 16.6. The van der Waals surface area contributed by atoms with Crippen molar-refractivity contribution in [1.82, 2.24) is 18.9 Å². The van der Waals surface area contributed by atoms with E-state index in [1.807, 2.05) is 24.3 Å². The topological polar surface area (TPSA) is 95.1 Å². The summed E-state index contributed by atoms with van der Waals surface area (Å²) in [6.45, 7) is 1.62. The molecule has 1 aromatic carbocycles. The largest absolute Gasteiger partial charge is 0.450 e. The van der Waals surface area contributed by atoms with Crippen LogP contribution in [0, 0.1) is 0 Å². The molecule has 3 aromatic heterocycles. The number of esters is 1. The number of ether oxygens (including phenoxy) is 2. The molecule has 0 unspecified atom stereocenters. The van der Waals surface area contributed by atoms with Gasteiger partial charge in [0.1, 0.15) is 22.6 Å². The Bertz CT molecular complexity index is 1540. The molecule has 1 saturated heterocycles. The zero-order chi connectivity index (χ0) is 24.2. The molecule has 5 heterocycles. The normalized spacial score (nSPS) is 16.7. The first kappa shape index (κ1) is 21.5. The summed E-state index contributed by atoms with van der Waals surface area (Å²) >= 11 is 0. The smallest absolute Gasteiger partial charge is 0.339 e. The molecule has 2 aliphatic rings. The standard InChI is InChI=1S/C26H24N4O5/c1-34-15-14-29-20(16-18-22(29)27-21-8-4-5-11-30(21)23(18)31)24(32)28-12-9-26(10-13-28)19-7-3-2-6-17(19)25(33)35-26/h2-8,11,16H,9-10,12-15H2,1H3. The lowest BCUT2D eigenvalue weighted by molar-refractivity contribution is -0.0390. The lowest BCUT2D eigenvalue weighted by Crippen LogP contribution is -2.45. The van der Waals surface area contributed by atoms with Crippen LogP contribution in [0.25, 0.3) is 16.7 Å². The molecule has 0 radical (unpaired) electrons. The molecule has 2 aliphatic heterocycles. The van der Waals surface area contributed by atoms with Crippen molar-refractivity contribution in [3.8, 4) is 0 Å². The minimum atomic E-state index is -0.689. The number of carbonyl (C=O) groups is 2. The summed E-state index contributed by atoms with van der Waals surface area (Å²) < 4.78 is 14.3. The van der Waals surface area contributed by atoms with Crippen molar-refractivity contribution in [2.75, 3.05) is 26.8 Å². The first-order valence-electron chi connectivity index (χ1n) is 11.6. The highest BCUT2D eigenvalue weighted by molar-refractivity contribution is 5.98. The van der Waals surface area contributed by atoms with Crippen LogP contribution in [-0.4, -0.2) is 57.5 Å². The van der Waals surface area contributed by atoms with E-state index in [2.05, 4.69) is 4.98 Å². The molecule has 1 amide bonds. The molecule has 0 N–H and O–H groups in total. The minimum Gasteiger partial charge on any atom is -0.450 e. The van der Waals surface area contributed by atoms with Gasteiger partial charge in [-0.05, 0) is 24.3 Å². The Morgan fingerprint density at radius 3 is 2.69 bits per heavy atom. The van der Waals surface area contributed by atoms with Gasteiger partial charge in [0.25, 0.3) is 11.5 Å². The molecule has 0 atom stereocenters. The van der Waals surface area contributed by atoms with Crippen LogP contribution < -0.4 is 5.56 Å². The fraction of sp³-hybridized carbons (Fsp3) is 0.308. The molecule has 0 bridgehead atoms. The number of methoxy groups -OCH3 is 1. The van der Waals surface area contributed by atoms with Gasteiger partial charge in [-0.2, -0.15) is 0 Å². The maximum absolute atomic E-state index is 13.7. The molecule has 9 nitrogen and oxygen atoms in total. The Labute approximate surface area is 200 Å². The highest BCUT2D eigenvalue weighted by Gasteiger charge is 2.47. The molecule has 4 aromatic rings. The van der Waals surface area contributed by atoms with Crippen molar-refractivity contribution in [3.05, 3.63) is 81.9 Å². The van der Waals surface area contributed by atoms with E-state index < -0.39 is 5.60 Å². The first-order chi connectivity index (χ1) is 17.0. The minimum absolute atomic E-state index is 0.181. The number of rotatable bonds is 4. The first-order valence-corrected chi connectivity index (χ1v) is 11.6. The van der Waals surface area contributed by atoms with Gasteiger partial charge in [0, 0.05) is 51.3 Å². The summed E-state index contributed by atoms with van der Waals surface area (Å²) in [7, 11) is 1.59. The predicted octanol–water partition coefficient (Wildman–Crippen LogP) is 2.60. The summed E-state index contributed by atoms with van der Waals surface area (Å²) in [6.07, 6.45) is 2.71. The van der Waals surface area contributed by atoms with E-state index >= 15 is 0 Å². The highest BCUT2D eigenvalue weighted by Crippen LogP contribution is 2.44. The van der Waals surface area contributed by atoms with E-state index in [0.717, 1.165) is 5.56 Å². The summed E-state index contributed by atoms with van der Waals surface area (Å²) in [4.78, 5) is 45.7. The SMILES string of the molecule is COCCn1c(C(=O)N2CCC3(CC2)OC(=O)c2ccccc23)cc2c(=O)n3ccccc3nc21. The molecule has 1 spiro atoms. The van der Waals surface area contributed by atoms with E-state index in [9.17, 15) is 14.4 Å². The number of aromatic nitrogens is 3. The number of amides is 1. The Hall–Kier alpha value is -3.98. The fourth-order valence-corrected chi connectivity index (χ4v) is 5.29. The summed E-state index contributed by atoms with van der Waals surface area (Å²) in [5, 5.41) is 0.389. The lowest BCUT2D eigenvalue weighted by Gasteiger charge is -2.38. The average Bonchev–Trinajstić information content (AvgIpc) is 3.38. The number of hydrogen-bond acceptors (Lipinski definition) is 6. The van der Waals surface area contributed by atoms with Crippen LogP contribution in [0.5, 0.6) is 0 Å². The monoisotopic (exact) mass is 472 g/mol. The van der Waals surface area contributed by atoms with Gasteiger partial charge in [-0.25, -0.2) is 9.78 Å². The second-order valence-corrected chi connectivity index (χ2v) is 8.98. The number of pyridine rings is 1. The van der Waals surface area contributed by atoms with Gasteiger partial charge in [0.2, 0.25) is 0 Å². The molecule has 9 heteroatoms. The zero-order valence-electron chi connectivity index (χ0n) is 19.3. The molecular weight excluding hydrogens is 448 g/mol. The van der Waals surface area contributed by atoms with Crippen LogP contribution in [0.4, 0.5) is 0 Å². The van der Waals surface area contributed by atoms with E-state index in [1.54, 1.807) is 47.0 Å². The van der Waals surface area contributed by atoms with Crippen molar-refractivity contribution in [1.29, 1.82) is 0 Å². The number of benzene rings is 1. The van der Waals surface area contributed by atoms with Crippen LogP contribution in [0.3, 0.4) is 0 Å². The number of likely N-dealkylation sites (tertiary alicyclic amines) is 1. The quantitative estimate of drug-likeness (QED) is 0.424. The van der Waals surface area contributed by atoms with E-state index in [1.165, 1.54) is 4.40 Å². The molecular formula is C26H24N4O5. The van der Waals surface area contributed by atoms with Crippen LogP contribution in [0.2, 0.25) is 0 Å². The van der Waals surface area contributed by atoms with Crippen molar-refractivity contribution in [2.24, 2.45) is 0 Å². The van der Waals surface area contributed by atoms with Crippen LogP contribution in [0.1, 0.15) is 39.3 Å². The summed E-state index contributed by atoms with van der Waals surface area (Å²) in [5.41, 5.74) is 1.97. The number of fused-ring (bicyclic) bond motifs is 4. The van der Waals surface area contributed by atoms with E-state index in [0.29, 0.717) is 67.0 Å². The Morgan fingerprint density at radius 1 is 1.11 bits per heavy atom. The number of hydrogen-bond donors (Lipinski definition) is 0. The Balaban J connectivity index is 1.35. The van der Waals surface area contributed by atoms with Crippen molar-refractivity contribution >= 4 is 28.6 Å². The Morgan fingerprint density at radius 2 is 1.89 bits per heavy atom. The van der Waals surface area contributed by atoms with Crippen molar-refractivity contribution < 1.29 is 19.1 Å². The van der Waals surface area contributed by atoms with Crippen molar-refractivity contribution in [3.63, 3.8) is 0 Å². The van der Waals surface area contributed by atoms with E-state index in [-0.39, 0.29) is 17.4 Å². The fourth-order valence-electron chi connectivity index (χ4n) is 5.29. The maximum atomic E-state index is 13.7. The number of carbonyl (C=O) groups excluding carboxylic acids is 2. The third-order valence-electron chi connectivity index (χ3n) is 7.10. The summed E-state index contributed by atoms with van der Waals surface area (Å²) in [5.74, 6) is -0.487. The van der Waals surface area contributed by atoms with Gasteiger partial charge in [0.05, 0.1) is 17.6 Å². The lowest BCUT2D eigenvalue weighted by atomic mass is 9.83. The number of piperidine rings is 1. The molecule has 1 fully saturated rings. The maximum Gasteiger partial charge on any atom is 0.339 e. The van der Waals surface area contributed by atoms with Gasteiger partial charge in [-0.1, -0.05) is 24.3 Å². The summed E-state index contributed by atoms with van der Waals surface area (Å²) in [6, 6.07) is 14.4. The molecule has 6 rings (SSSR count).